The van der Waals surface area contributed by atoms with Crippen LogP contribution in [0.15, 0.2) is 73.1 Å². The lowest BCUT2D eigenvalue weighted by Gasteiger charge is -2.32. The SMILES string of the molecule is CN(C)Cc1ccccc1-c1ccc(OC2CCN(C(=O)c3cccnc3)CC2)cc1. The minimum absolute atomic E-state index is 0.0484. The van der Waals surface area contributed by atoms with Crippen molar-refractivity contribution in [3.05, 3.63) is 84.2 Å². The van der Waals surface area contributed by atoms with Crippen LogP contribution in [-0.4, -0.2) is 54.0 Å². The molecule has 0 radical (unpaired) electrons. The summed E-state index contributed by atoms with van der Waals surface area (Å²) in [5, 5.41) is 0. The topological polar surface area (TPSA) is 45.7 Å². The lowest BCUT2D eigenvalue weighted by molar-refractivity contribution is 0.0595. The van der Waals surface area contributed by atoms with E-state index in [1.165, 1.54) is 16.7 Å². The predicted molar refractivity (Wildman–Crippen MR) is 123 cm³/mol. The van der Waals surface area contributed by atoms with Gasteiger partial charge in [-0.2, -0.15) is 0 Å². The van der Waals surface area contributed by atoms with Crippen molar-refractivity contribution in [2.24, 2.45) is 0 Å². The Balaban J connectivity index is 1.35. The highest BCUT2D eigenvalue weighted by molar-refractivity contribution is 5.93. The van der Waals surface area contributed by atoms with E-state index in [0.717, 1.165) is 25.1 Å². The van der Waals surface area contributed by atoms with Gasteiger partial charge in [0.15, 0.2) is 0 Å². The first-order valence-electron chi connectivity index (χ1n) is 10.8. The Morgan fingerprint density at radius 1 is 1.03 bits per heavy atom. The quantitative estimate of drug-likeness (QED) is 0.595. The van der Waals surface area contributed by atoms with Crippen LogP contribution in [0.4, 0.5) is 0 Å². The normalized spacial score (nSPS) is 14.6. The van der Waals surface area contributed by atoms with Gasteiger partial charge in [-0.3, -0.25) is 9.78 Å². The fourth-order valence-electron chi connectivity index (χ4n) is 4.03. The Morgan fingerprint density at radius 3 is 2.45 bits per heavy atom. The molecule has 2 heterocycles. The van der Waals surface area contributed by atoms with Gasteiger partial charge in [-0.05, 0) is 55.1 Å². The maximum Gasteiger partial charge on any atom is 0.255 e. The maximum absolute atomic E-state index is 12.6. The third kappa shape index (κ3) is 5.30. The number of likely N-dealkylation sites (tertiary alicyclic amines) is 1. The molecule has 0 unspecified atom stereocenters. The van der Waals surface area contributed by atoms with Gasteiger partial charge in [-0.25, -0.2) is 0 Å². The molecule has 0 aliphatic carbocycles. The highest BCUT2D eigenvalue weighted by Crippen LogP contribution is 2.28. The van der Waals surface area contributed by atoms with Crippen molar-refractivity contribution in [3.8, 4) is 16.9 Å². The highest BCUT2D eigenvalue weighted by Gasteiger charge is 2.24. The Bertz CT molecular complexity index is 995. The molecule has 1 fully saturated rings. The second kappa shape index (κ2) is 9.75. The van der Waals surface area contributed by atoms with Crippen LogP contribution in [0.1, 0.15) is 28.8 Å². The number of benzene rings is 2. The van der Waals surface area contributed by atoms with Gasteiger partial charge in [0, 0.05) is 44.9 Å². The fraction of sp³-hybridized carbons (Fsp3) is 0.308. The summed E-state index contributed by atoms with van der Waals surface area (Å²) >= 11 is 0. The van der Waals surface area contributed by atoms with Gasteiger partial charge in [0.2, 0.25) is 0 Å². The number of rotatable bonds is 6. The first-order chi connectivity index (χ1) is 15.1. The minimum Gasteiger partial charge on any atom is -0.490 e. The van der Waals surface area contributed by atoms with Crippen molar-refractivity contribution < 1.29 is 9.53 Å². The highest BCUT2D eigenvalue weighted by atomic mass is 16.5. The van der Waals surface area contributed by atoms with E-state index >= 15 is 0 Å². The molecule has 1 aliphatic rings. The zero-order valence-electron chi connectivity index (χ0n) is 18.2. The van der Waals surface area contributed by atoms with Gasteiger partial charge in [-0.1, -0.05) is 36.4 Å². The van der Waals surface area contributed by atoms with Crippen molar-refractivity contribution >= 4 is 5.91 Å². The van der Waals surface area contributed by atoms with Crippen molar-refractivity contribution in [2.45, 2.75) is 25.5 Å². The molecule has 0 saturated carbocycles. The summed E-state index contributed by atoms with van der Waals surface area (Å²) in [4.78, 5) is 20.7. The first-order valence-corrected chi connectivity index (χ1v) is 10.8. The number of hydrogen-bond donors (Lipinski definition) is 0. The van der Waals surface area contributed by atoms with Crippen LogP contribution >= 0.6 is 0 Å². The Hall–Kier alpha value is -3.18. The van der Waals surface area contributed by atoms with Crippen LogP contribution in [0.3, 0.4) is 0 Å². The molecule has 0 bridgehead atoms. The van der Waals surface area contributed by atoms with Crippen LogP contribution in [0.5, 0.6) is 5.75 Å². The molecule has 3 aromatic rings. The van der Waals surface area contributed by atoms with Gasteiger partial charge in [-0.15, -0.1) is 0 Å². The Kier molecular flexibility index (Phi) is 6.63. The van der Waals surface area contributed by atoms with Crippen LogP contribution in [0.2, 0.25) is 0 Å². The molecule has 1 aromatic heterocycles. The van der Waals surface area contributed by atoms with Crippen LogP contribution in [-0.2, 0) is 6.54 Å². The second-order valence-electron chi connectivity index (χ2n) is 8.27. The molecule has 2 aromatic carbocycles. The molecule has 0 atom stereocenters. The third-order valence-electron chi connectivity index (χ3n) is 5.61. The number of ether oxygens (including phenoxy) is 1. The molecule has 0 spiro atoms. The van der Waals surface area contributed by atoms with Crippen molar-refractivity contribution in [1.82, 2.24) is 14.8 Å². The van der Waals surface area contributed by atoms with Crippen molar-refractivity contribution in [3.63, 3.8) is 0 Å². The van der Waals surface area contributed by atoms with E-state index in [0.29, 0.717) is 18.7 Å². The van der Waals surface area contributed by atoms with Gasteiger partial charge < -0.3 is 14.5 Å². The maximum atomic E-state index is 12.6. The zero-order valence-corrected chi connectivity index (χ0v) is 18.2. The molecule has 1 aliphatic heterocycles. The molecule has 160 valence electrons. The summed E-state index contributed by atoms with van der Waals surface area (Å²) in [7, 11) is 4.17. The predicted octanol–water partition coefficient (Wildman–Crippen LogP) is 4.49. The van der Waals surface area contributed by atoms with Gasteiger partial charge in [0.25, 0.3) is 5.91 Å². The molecule has 5 heteroatoms. The van der Waals surface area contributed by atoms with E-state index in [9.17, 15) is 4.79 Å². The average molecular weight is 416 g/mol. The van der Waals surface area contributed by atoms with Crippen LogP contribution < -0.4 is 4.74 Å². The third-order valence-corrected chi connectivity index (χ3v) is 5.61. The van der Waals surface area contributed by atoms with Crippen LogP contribution in [0.25, 0.3) is 11.1 Å². The number of amides is 1. The molecule has 31 heavy (non-hydrogen) atoms. The lowest BCUT2D eigenvalue weighted by atomic mass is 9.99. The van der Waals surface area contributed by atoms with E-state index in [4.69, 9.17) is 4.74 Å². The number of carbonyl (C=O) groups excluding carboxylic acids is 1. The number of carbonyl (C=O) groups is 1. The molecular formula is C26H29N3O2. The number of pyridine rings is 1. The van der Waals surface area contributed by atoms with Crippen molar-refractivity contribution in [1.29, 1.82) is 0 Å². The lowest BCUT2D eigenvalue weighted by Crippen LogP contribution is -2.41. The van der Waals surface area contributed by atoms with Crippen LogP contribution in [0, 0.1) is 0 Å². The first kappa shape index (κ1) is 21.1. The summed E-state index contributed by atoms with van der Waals surface area (Å²) in [6, 6.07) is 20.5. The van der Waals surface area contributed by atoms with E-state index in [2.05, 4.69) is 72.5 Å². The largest absolute Gasteiger partial charge is 0.490 e. The Morgan fingerprint density at radius 2 is 1.77 bits per heavy atom. The van der Waals surface area contributed by atoms with E-state index < -0.39 is 0 Å². The summed E-state index contributed by atoms with van der Waals surface area (Å²) in [5.74, 6) is 0.929. The number of aromatic nitrogens is 1. The van der Waals surface area contributed by atoms with E-state index in [1.54, 1.807) is 18.5 Å². The number of hydrogen-bond acceptors (Lipinski definition) is 4. The molecule has 1 amide bonds. The molecular weight excluding hydrogens is 386 g/mol. The summed E-state index contributed by atoms with van der Waals surface area (Å²) in [5.41, 5.74) is 4.41. The molecule has 1 saturated heterocycles. The smallest absolute Gasteiger partial charge is 0.255 e. The average Bonchev–Trinajstić information content (AvgIpc) is 2.80. The summed E-state index contributed by atoms with van der Waals surface area (Å²) in [6.45, 7) is 2.31. The fourth-order valence-corrected chi connectivity index (χ4v) is 4.03. The second-order valence-corrected chi connectivity index (χ2v) is 8.27. The van der Waals surface area contributed by atoms with Gasteiger partial charge >= 0.3 is 0 Å². The van der Waals surface area contributed by atoms with Gasteiger partial charge in [0.1, 0.15) is 11.9 Å². The zero-order chi connectivity index (χ0) is 21.6. The minimum atomic E-state index is 0.0484. The summed E-state index contributed by atoms with van der Waals surface area (Å²) < 4.78 is 6.22. The van der Waals surface area contributed by atoms with Crippen molar-refractivity contribution in [2.75, 3.05) is 27.2 Å². The summed E-state index contributed by atoms with van der Waals surface area (Å²) in [6.07, 6.45) is 5.11. The van der Waals surface area contributed by atoms with E-state index in [1.807, 2.05) is 11.0 Å². The molecule has 4 rings (SSSR count). The monoisotopic (exact) mass is 415 g/mol. The number of nitrogens with zero attached hydrogens (tertiary/aromatic N) is 3. The Labute approximate surface area is 184 Å². The molecule has 5 nitrogen and oxygen atoms in total. The molecule has 0 N–H and O–H groups in total. The standard InChI is InChI=1S/C26H29N3O2/c1-28(2)19-22-6-3-4-8-25(22)20-9-11-23(12-10-20)31-24-13-16-29(17-14-24)26(30)21-7-5-15-27-18-21/h3-12,15,18,24H,13-14,16-17,19H2,1-2H3. The van der Waals surface area contributed by atoms with Gasteiger partial charge in [0.05, 0.1) is 5.56 Å². The number of piperidine rings is 1. The van der Waals surface area contributed by atoms with E-state index in [-0.39, 0.29) is 12.0 Å².